The number of pyridine rings is 1. The molecule has 1 saturated heterocycles. The van der Waals surface area contributed by atoms with Crippen LogP contribution in [0.25, 0.3) is 5.76 Å². The molecule has 6 nitrogen and oxygen atoms in total. The van der Waals surface area contributed by atoms with E-state index in [1.807, 2.05) is 64.1 Å². The molecule has 1 aliphatic rings. The fourth-order valence-corrected chi connectivity index (χ4v) is 4.26. The molecule has 1 aromatic heterocycles. The van der Waals surface area contributed by atoms with Crippen LogP contribution in [0.2, 0.25) is 0 Å². The number of aromatic nitrogens is 1. The van der Waals surface area contributed by atoms with Crippen molar-refractivity contribution in [3.63, 3.8) is 0 Å². The highest BCUT2D eigenvalue weighted by atomic mass is 16.5. The summed E-state index contributed by atoms with van der Waals surface area (Å²) in [6.45, 7) is 7.85. The fraction of sp³-hybridized carbons (Fsp3) is 0.250. The molecule has 34 heavy (non-hydrogen) atoms. The molecule has 3 aromatic rings. The normalized spacial score (nSPS) is 17.4. The molecule has 0 radical (unpaired) electrons. The summed E-state index contributed by atoms with van der Waals surface area (Å²) in [7, 11) is 0. The highest BCUT2D eigenvalue weighted by Crippen LogP contribution is 2.41. The Morgan fingerprint density at radius 1 is 1.03 bits per heavy atom. The number of nitrogens with zero attached hydrogens (tertiary/aromatic N) is 2. The van der Waals surface area contributed by atoms with Gasteiger partial charge in [-0.3, -0.25) is 14.6 Å². The molecule has 1 amide bonds. The van der Waals surface area contributed by atoms with E-state index in [2.05, 4.69) is 4.98 Å². The van der Waals surface area contributed by atoms with E-state index in [1.165, 1.54) is 4.90 Å². The molecule has 1 unspecified atom stereocenters. The van der Waals surface area contributed by atoms with Gasteiger partial charge in [-0.2, -0.15) is 0 Å². The van der Waals surface area contributed by atoms with Gasteiger partial charge in [-0.25, -0.2) is 0 Å². The van der Waals surface area contributed by atoms with E-state index in [0.717, 1.165) is 16.7 Å². The van der Waals surface area contributed by atoms with E-state index in [-0.39, 0.29) is 24.0 Å². The summed E-state index contributed by atoms with van der Waals surface area (Å²) in [5.41, 5.74) is 3.73. The zero-order chi connectivity index (χ0) is 24.4. The van der Waals surface area contributed by atoms with Gasteiger partial charge < -0.3 is 14.7 Å². The molecule has 174 valence electrons. The smallest absolute Gasteiger partial charge is 0.296 e. The zero-order valence-corrected chi connectivity index (χ0v) is 19.8. The Hall–Kier alpha value is -3.93. The monoisotopic (exact) mass is 456 g/mol. The molecule has 0 bridgehead atoms. The number of aliphatic hydroxyl groups excluding tert-OH is 1. The van der Waals surface area contributed by atoms with Crippen LogP contribution in [0.3, 0.4) is 0 Å². The van der Waals surface area contributed by atoms with Crippen LogP contribution in [0, 0.1) is 13.8 Å². The van der Waals surface area contributed by atoms with Crippen molar-refractivity contribution in [2.24, 2.45) is 0 Å². The van der Waals surface area contributed by atoms with Gasteiger partial charge in [-0.05, 0) is 74.7 Å². The molecule has 2 aromatic carbocycles. The molecule has 1 N–H and O–H groups in total. The molecule has 1 atom stereocenters. The Morgan fingerprint density at radius 3 is 2.41 bits per heavy atom. The molecule has 6 heteroatoms. The van der Waals surface area contributed by atoms with E-state index >= 15 is 0 Å². The Balaban J connectivity index is 1.85. The molecule has 2 heterocycles. The van der Waals surface area contributed by atoms with Gasteiger partial charge in [0.25, 0.3) is 11.7 Å². The lowest BCUT2D eigenvalue weighted by Crippen LogP contribution is -2.29. The van der Waals surface area contributed by atoms with Gasteiger partial charge >= 0.3 is 0 Å². The number of benzene rings is 2. The van der Waals surface area contributed by atoms with Crippen molar-refractivity contribution < 1.29 is 19.4 Å². The van der Waals surface area contributed by atoms with Crippen molar-refractivity contribution in [2.75, 3.05) is 0 Å². The lowest BCUT2D eigenvalue weighted by atomic mass is 9.92. The van der Waals surface area contributed by atoms with Crippen LogP contribution in [0.4, 0.5) is 0 Å². The predicted molar refractivity (Wildman–Crippen MR) is 130 cm³/mol. The number of aryl methyl sites for hydroxylation is 2. The number of carbonyl (C=O) groups is 2. The summed E-state index contributed by atoms with van der Waals surface area (Å²) in [6.07, 6.45) is 1.66. The summed E-state index contributed by atoms with van der Waals surface area (Å²) in [5.74, 6) is -0.856. The molecular weight excluding hydrogens is 428 g/mol. The molecule has 4 rings (SSSR count). The number of carbonyl (C=O) groups excluding carboxylic acids is 2. The molecule has 1 fully saturated rings. The minimum Gasteiger partial charge on any atom is -0.507 e. The van der Waals surface area contributed by atoms with Crippen LogP contribution in [0.1, 0.15) is 47.8 Å². The van der Waals surface area contributed by atoms with Gasteiger partial charge in [0.1, 0.15) is 11.5 Å². The highest BCUT2D eigenvalue weighted by Gasteiger charge is 2.46. The number of likely N-dealkylation sites (tertiary alicyclic amines) is 1. The van der Waals surface area contributed by atoms with Gasteiger partial charge in [0.15, 0.2) is 0 Å². The van der Waals surface area contributed by atoms with Crippen molar-refractivity contribution in [3.8, 4) is 5.75 Å². The maximum Gasteiger partial charge on any atom is 0.296 e. The molecule has 0 spiro atoms. The van der Waals surface area contributed by atoms with Gasteiger partial charge in [0.2, 0.25) is 0 Å². The topological polar surface area (TPSA) is 79.7 Å². The Labute approximate surface area is 199 Å². The number of Topliss-reactive ketones (excluding diaryl/α,β-unsaturated/α-hetero) is 1. The Kier molecular flexibility index (Phi) is 6.50. The van der Waals surface area contributed by atoms with Gasteiger partial charge in [0.05, 0.1) is 30.0 Å². The standard InChI is InChI=1S/C28H28N2O4/c1-17(2)34-23-13-12-20(15-19(23)4)26(31)24-25(22-11-6-5-9-18(22)3)30(28(33)27(24)32)16-21-10-7-8-14-29-21/h5-15,17,25,31H,16H2,1-4H3/b26-24+. The minimum absolute atomic E-state index is 0.0103. The lowest BCUT2D eigenvalue weighted by molar-refractivity contribution is -0.140. The van der Waals surface area contributed by atoms with E-state index in [0.29, 0.717) is 17.0 Å². The Morgan fingerprint density at radius 2 is 1.76 bits per heavy atom. The first-order chi connectivity index (χ1) is 16.3. The van der Waals surface area contributed by atoms with Crippen molar-refractivity contribution in [1.82, 2.24) is 9.88 Å². The van der Waals surface area contributed by atoms with Gasteiger partial charge in [-0.1, -0.05) is 30.3 Å². The van der Waals surface area contributed by atoms with E-state index in [9.17, 15) is 14.7 Å². The largest absolute Gasteiger partial charge is 0.507 e. The molecule has 0 saturated carbocycles. The zero-order valence-electron chi connectivity index (χ0n) is 19.8. The fourth-order valence-electron chi connectivity index (χ4n) is 4.26. The first-order valence-corrected chi connectivity index (χ1v) is 11.3. The number of amides is 1. The number of hydrogen-bond acceptors (Lipinski definition) is 5. The van der Waals surface area contributed by atoms with Crippen LogP contribution in [-0.4, -0.2) is 32.8 Å². The predicted octanol–water partition coefficient (Wildman–Crippen LogP) is 5.11. The first-order valence-electron chi connectivity index (χ1n) is 11.3. The van der Waals surface area contributed by atoms with E-state index < -0.39 is 17.7 Å². The summed E-state index contributed by atoms with van der Waals surface area (Å²) < 4.78 is 5.80. The van der Waals surface area contributed by atoms with E-state index in [1.54, 1.807) is 30.5 Å². The average Bonchev–Trinajstić information content (AvgIpc) is 3.05. The number of hydrogen-bond donors (Lipinski definition) is 1. The second-order valence-corrected chi connectivity index (χ2v) is 8.75. The summed E-state index contributed by atoms with van der Waals surface area (Å²) >= 11 is 0. The van der Waals surface area contributed by atoms with Crippen LogP contribution in [0.5, 0.6) is 5.75 Å². The molecule has 0 aliphatic carbocycles. The van der Waals surface area contributed by atoms with Crippen molar-refractivity contribution in [2.45, 2.75) is 46.4 Å². The van der Waals surface area contributed by atoms with Gasteiger partial charge in [-0.15, -0.1) is 0 Å². The van der Waals surface area contributed by atoms with Crippen LogP contribution in [0.15, 0.2) is 72.4 Å². The summed E-state index contributed by atoms with van der Waals surface area (Å²) in [6, 6.07) is 17.6. The number of ketones is 1. The second-order valence-electron chi connectivity index (χ2n) is 8.75. The number of ether oxygens (including phenoxy) is 1. The molecular formula is C28H28N2O4. The SMILES string of the molecule is Cc1cc(/C(O)=C2\C(=O)C(=O)N(Cc3ccccn3)C2c2ccccc2C)ccc1OC(C)C. The maximum atomic E-state index is 13.3. The first kappa shape index (κ1) is 23.2. The van der Waals surface area contributed by atoms with E-state index in [4.69, 9.17) is 4.74 Å². The summed E-state index contributed by atoms with van der Waals surface area (Å²) in [4.78, 5) is 32.3. The van der Waals surface area contributed by atoms with Gasteiger partial charge in [0, 0.05) is 11.8 Å². The third kappa shape index (κ3) is 4.44. The highest BCUT2D eigenvalue weighted by molar-refractivity contribution is 6.46. The van der Waals surface area contributed by atoms with Crippen molar-refractivity contribution in [3.05, 3.63) is 100 Å². The third-order valence-electron chi connectivity index (χ3n) is 5.89. The van der Waals surface area contributed by atoms with Crippen LogP contribution in [-0.2, 0) is 16.1 Å². The van der Waals surface area contributed by atoms with Crippen LogP contribution >= 0.6 is 0 Å². The van der Waals surface area contributed by atoms with Crippen molar-refractivity contribution >= 4 is 17.4 Å². The Bertz CT molecular complexity index is 1260. The number of aliphatic hydroxyl groups is 1. The maximum absolute atomic E-state index is 13.3. The molecule has 1 aliphatic heterocycles. The van der Waals surface area contributed by atoms with Crippen molar-refractivity contribution in [1.29, 1.82) is 0 Å². The minimum atomic E-state index is -0.727. The third-order valence-corrected chi connectivity index (χ3v) is 5.89. The average molecular weight is 457 g/mol. The lowest BCUT2D eigenvalue weighted by Gasteiger charge is -2.26. The summed E-state index contributed by atoms with van der Waals surface area (Å²) in [5, 5.41) is 11.3. The quantitative estimate of drug-likeness (QED) is 0.317. The second kappa shape index (κ2) is 9.51. The van der Waals surface area contributed by atoms with Crippen LogP contribution < -0.4 is 4.74 Å². The number of rotatable bonds is 6.